The molecule has 0 aliphatic heterocycles. The number of hydrogen-bond donors (Lipinski definition) is 1. The summed E-state index contributed by atoms with van der Waals surface area (Å²) in [6.45, 7) is 0.528. The van der Waals surface area contributed by atoms with Crippen LogP contribution in [0.15, 0.2) is 209 Å². The summed E-state index contributed by atoms with van der Waals surface area (Å²) in [6, 6.07) is 70.3. The van der Waals surface area contributed by atoms with Gasteiger partial charge in [0, 0.05) is 28.1 Å². The molecule has 2 aromatic heterocycles. The predicted octanol–water partition coefficient (Wildman–Crippen LogP) is 14.3. The zero-order valence-electron chi connectivity index (χ0n) is 31.7. The van der Waals surface area contributed by atoms with Crippen LogP contribution in [-0.4, -0.2) is 0 Å². The Balaban J connectivity index is 1.10. The normalized spacial score (nSPS) is 12.2. The highest BCUT2D eigenvalue weighted by molar-refractivity contribution is 6.22. The van der Waals surface area contributed by atoms with Crippen LogP contribution in [0.5, 0.6) is 0 Å². The lowest BCUT2D eigenvalue weighted by Crippen LogP contribution is -2.34. The van der Waals surface area contributed by atoms with E-state index in [-0.39, 0.29) is 0 Å². The van der Waals surface area contributed by atoms with Crippen LogP contribution in [0.1, 0.15) is 17.3 Å². The highest BCUT2D eigenvalue weighted by Gasteiger charge is 2.25. The zero-order chi connectivity index (χ0) is 38.6. The second kappa shape index (κ2) is 14.0. The third-order valence-electron chi connectivity index (χ3n) is 11.5. The van der Waals surface area contributed by atoms with E-state index in [0.29, 0.717) is 6.54 Å². The predicted molar refractivity (Wildman–Crippen MR) is 241 cm³/mol. The molecule has 0 fully saturated rings. The van der Waals surface area contributed by atoms with Gasteiger partial charge in [-0.1, -0.05) is 164 Å². The van der Waals surface area contributed by atoms with Crippen LogP contribution in [0.3, 0.4) is 0 Å². The summed E-state index contributed by atoms with van der Waals surface area (Å²) in [6.07, 6.45) is -0.496. The standard InChI is InChI=1S/C54H38N2O2/c55-54(40-22-12-21-39(32-40)36-15-4-1-5-16-36)56(34-35-29-30-44-50(31-35)57-48-27-13-25-41(51(44)48)37-17-6-2-7-18-37)47-26-14-28-49-52(47)46-33-45(38-19-8-3-9-20-38)42-23-10-11-24-43(42)53(46)58-49/h1-33,54H,34,55H2. The monoisotopic (exact) mass is 746 g/mol. The van der Waals surface area contributed by atoms with Gasteiger partial charge in [-0.25, -0.2) is 0 Å². The molecule has 0 spiro atoms. The van der Waals surface area contributed by atoms with Crippen LogP contribution >= 0.6 is 0 Å². The average Bonchev–Trinajstić information content (AvgIpc) is 3.87. The van der Waals surface area contributed by atoms with E-state index >= 15 is 0 Å². The molecule has 276 valence electrons. The maximum Gasteiger partial charge on any atom is 0.143 e. The van der Waals surface area contributed by atoms with Crippen molar-refractivity contribution in [1.82, 2.24) is 0 Å². The fourth-order valence-electron chi connectivity index (χ4n) is 8.80. The van der Waals surface area contributed by atoms with Gasteiger partial charge in [-0.05, 0) is 86.3 Å². The number of anilines is 1. The first-order valence-electron chi connectivity index (χ1n) is 19.8. The number of nitrogens with zero attached hydrogens (tertiary/aromatic N) is 1. The van der Waals surface area contributed by atoms with Crippen LogP contribution in [0.25, 0.3) is 88.0 Å². The lowest BCUT2D eigenvalue weighted by molar-refractivity contribution is 0.641. The van der Waals surface area contributed by atoms with Gasteiger partial charge in [0.05, 0.1) is 11.1 Å². The van der Waals surface area contributed by atoms with Crippen LogP contribution in [-0.2, 0) is 6.54 Å². The van der Waals surface area contributed by atoms with Crippen molar-refractivity contribution in [2.45, 2.75) is 12.7 Å². The van der Waals surface area contributed by atoms with Crippen molar-refractivity contribution in [3.8, 4) is 33.4 Å². The molecule has 1 unspecified atom stereocenters. The van der Waals surface area contributed by atoms with E-state index in [1.807, 2.05) is 6.07 Å². The minimum absolute atomic E-state index is 0.496. The van der Waals surface area contributed by atoms with Crippen LogP contribution < -0.4 is 10.6 Å². The number of fused-ring (bicyclic) bond motifs is 8. The molecular formula is C54H38N2O2. The number of hydrogen-bond acceptors (Lipinski definition) is 4. The van der Waals surface area contributed by atoms with Crippen molar-refractivity contribution in [3.05, 3.63) is 211 Å². The third kappa shape index (κ3) is 5.73. The van der Waals surface area contributed by atoms with Gasteiger partial charge in [0.15, 0.2) is 0 Å². The fraction of sp³-hybridized carbons (Fsp3) is 0.0370. The molecule has 1 atom stereocenters. The van der Waals surface area contributed by atoms with E-state index in [2.05, 4.69) is 199 Å². The van der Waals surface area contributed by atoms with Crippen molar-refractivity contribution >= 4 is 60.3 Å². The summed E-state index contributed by atoms with van der Waals surface area (Å²) in [7, 11) is 0. The van der Waals surface area contributed by atoms with Crippen molar-refractivity contribution in [3.63, 3.8) is 0 Å². The van der Waals surface area contributed by atoms with Gasteiger partial charge in [-0.3, -0.25) is 0 Å². The van der Waals surface area contributed by atoms with Gasteiger partial charge in [0.2, 0.25) is 0 Å². The smallest absolute Gasteiger partial charge is 0.143 e. The summed E-state index contributed by atoms with van der Waals surface area (Å²) in [4.78, 5) is 2.32. The molecule has 0 aliphatic rings. The Morgan fingerprint density at radius 1 is 0.414 bits per heavy atom. The molecule has 0 radical (unpaired) electrons. The molecule has 0 aliphatic carbocycles. The molecular weight excluding hydrogens is 709 g/mol. The van der Waals surface area contributed by atoms with Crippen molar-refractivity contribution in [2.24, 2.45) is 5.73 Å². The summed E-state index contributed by atoms with van der Waals surface area (Å²) in [5.41, 5.74) is 20.9. The number of furan rings is 2. The Labute approximate surface area is 336 Å². The second-order valence-electron chi connectivity index (χ2n) is 15.0. The molecule has 4 heteroatoms. The van der Waals surface area contributed by atoms with Crippen molar-refractivity contribution in [1.29, 1.82) is 0 Å². The molecule has 9 aromatic carbocycles. The molecule has 58 heavy (non-hydrogen) atoms. The maximum atomic E-state index is 7.51. The van der Waals surface area contributed by atoms with Crippen LogP contribution in [0.4, 0.5) is 5.69 Å². The largest absolute Gasteiger partial charge is 0.456 e. The first-order valence-corrected chi connectivity index (χ1v) is 19.8. The van der Waals surface area contributed by atoms with Gasteiger partial charge in [0.1, 0.15) is 28.5 Å². The summed E-state index contributed by atoms with van der Waals surface area (Å²) < 4.78 is 13.4. The topological polar surface area (TPSA) is 55.5 Å². The van der Waals surface area contributed by atoms with E-state index in [0.717, 1.165) is 99.3 Å². The summed E-state index contributed by atoms with van der Waals surface area (Å²) in [5, 5.41) is 6.54. The number of benzene rings is 9. The molecule has 0 saturated heterocycles. The Morgan fingerprint density at radius 3 is 1.79 bits per heavy atom. The Bertz CT molecular complexity index is 3280. The minimum atomic E-state index is -0.496. The summed E-state index contributed by atoms with van der Waals surface area (Å²) in [5.74, 6) is 0. The lowest BCUT2D eigenvalue weighted by atomic mass is 9.95. The molecule has 0 amide bonds. The molecule has 2 heterocycles. The Hall–Kier alpha value is -7.40. The Morgan fingerprint density at radius 2 is 1.03 bits per heavy atom. The van der Waals surface area contributed by atoms with E-state index < -0.39 is 6.17 Å². The first-order chi connectivity index (χ1) is 28.7. The second-order valence-corrected chi connectivity index (χ2v) is 15.0. The van der Waals surface area contributed by atoms with E-state index in [1.165, 1.54) is 5.56 Å². The van der Waals surface area contributed by atoms with Crippen molar-refractivity contribution in [2.75, 3.05) is 4.90 Å². The summed E-state index contributed by atoms with van der Waals surface area (Å²) >= 11 is 0. The van der Waals surface area contributed by atoms with Gasteiger partial charge in [0.25, 0.3) is 0 Å². The molecule has 0 bridgehead atoms. The van der Waals surface area contributed by atoms with E-state index in [1.54, 1.807) is 0 Å². The molecule has 11 aromatic rings. The third-order valence-corrected chi connectivity index (χ3v) is 11.5. The average molecular weight is 747 g/mol. The highest BCUT2D eigenvalue weighted by Crippen LogP contribution is 2.45. The van der Waals surface area contributed by atoms with Gasteiger partial charge < -0.3 is 19.5 Å². The molecule has 0 saturated carbocycles. The van der Waals surface area contributed by atoms with Gasteiger partial charge in [-0.2, -0.15) is 0 Å². The van der Waals surface area contributed by atoms with Gasteiger partial charge >= 0.3 is 0 Å². The quantitative estimate of drug-likeness (QED) is 0.157. The first kappa shape index (κ1) is 33.9. The fourth-order valence-corrected chi connectivity index (χ4v) is 8.80. The highest BCUT2D eigenvalue weighted by atomic mass is 16.3. The van der Waals surface area contributed by atoms with Gasteiger partial charge in [-0.15, -0.1) is 0 Å². The van der Waals surface area contributed by atoms with E-state index in [9.17, 15) is 0 Å². The van der Waals surface area contributed by atoms with E-state index in [4.69, 9.17) is 14.6 Å². The number of nitrogens with two attached hydrogens (primary N) is 1. The number of rotatable bonds is 8. The molecule has 4 nitrogen and oxygen atoms in total. The molecule has 2 N–H and O–H groups in total. The molecule has 11 rings (SSSR count). The maximum absolute atomic E-state index is 7.51. The van der Waals surface area contributed by atoms with Crippen LogP contribution in [0.2, 0.25) is 0 Å². The lowest BCUT2D eigenvalue weighted by Gasteiger charge is -2.32. The van der Waals surface area contributed by atoms with Crippen LogP contribution in [0, 0.1) is 0 Å². The zero-order valence-corrected chi connectivity index (χ0v) is 31.7. The minimum Gasteiger partial charge on any atom is -0.456 e. The van der Waals surface area contributed by atoms with Crippen molar-refractivity contribution < 1.29 is 8.83 Å². The SMILES string of the molecule is NC(c1cccc(-c2ccccc2)c1)N(Cc1ccc2c(c1)oc1cccc(-c3ccccc3)c12)c1cccc2oc3c4ccccc4c(-c4ccccc4)cc3c12. The Kier molecular flexibility index (Phi) is 8.16.